The highest BCUT2D eigenvalue weighted by atomic mass is 32.2. The Balaban J connectivity index is 1.21. The lowest BCUT2D eigenvalue weighted by Crippen LogP contribution is -2.57. The molecule has 7 N–H and O–H groups in total. The number of carbonyl (C=O) groups is 4. The van der Waals surface area contributed by atoms with E-state index >= 15 is 0 Å². The van der Waals surface area contributed by atoms with Crippen LogP contribution in [0.5, 0.6) is 0 Å². The van der Waals surface area contributed by atoms with Crippen molar-refractivity contribution in [3.05, 3.63) is 59.9 Å². The maximum absolute atomic E-state index is 14.1. The molecule has 3 heterocycles. The third kappa shape index (κ3) is 12.8. The fourth-order valence-electron chi connectivity index (χ4n) is 8.59. The zero-order chi connectivity index (χ0) is 41.6. The van der Waals surface area contributed by atoms with E-state index in [1.807, 2.05) is 69.8 Å². The number of hydrogen-bond donors (Lipinski definition) is 7. The molecule has 5 amide bonds. The number of aliphatic hydroxyl groups excluding tert-OH is 2. The Bertz CT molecular complexity index is 1630. The zero-order valence-electron chi connectivity index (χ0n) is 34.7. The molecule has 2 saturated heterocycles. The number of nitrogens with zero attached hydrogens (tertiary/aromatic N) is 1. The molecule has 0 radical (unpaired) electrons. The maximum atomic E-state index is 14.1. The zero-order valence-corrected chi connectivity index (χ0v) is 36.3. The molecule has 1 saturated carbocycles. The van der Waals surface area contributed by atoms with Crippen LogP contribution in [0.2, 0.25) is 0 Å². The molecule has 14 heteroatoms. The molecule has 58 heavy (non-hydrogen) atoms. The Morgan fingerprint density at radius 1 is 0.931 bits per heavy atom. The Hall–Kier alpha value is -3.33. The normalized spacial score (nSPS) is 22.5. The summed E-state index contributed by atoms with van der Waals surface area (Å²) in [4.78, 5) is 58.4. The van der Waals surface area contributed by atoms with E-state index in [1.54, 1.807) is 30.1 Å². The topological polar surface area (TPSA) is 182 Å². The molecule has 1 aliphatic carbocycles. The predicted molar refractivity (Wildman–Crippen MR) is 231 cm³/mol. The van der Waals surface area contributed by atoms with Crippen molar-refractivity contribution in [2.75, 3.05) is 11.5 Å². The summed E-state index contributed by atoms with van der Waals surface area (Å²) in [5.74, 6) is -0.715. The Morgan fingerprint density at radius 3 is 2.41 bits per heavy atom. The van der Waals surface area contributed by atoms with Gasteiger partial charge in [0.2, 0.25) is 11.8 Å². The molecule has 0 bridgehead atoms. The van der Waals surface area contributed by atoms with Gasteiger partial charge in [-0.05, 0) is 67.0 Å². The molecule has 9 atom stereocenters. The molecule has 0 spiro atoms. The smallest absolute Gasteiger partial charge is 0.315 e. The summed E-state index contributed by atoms with van der Waals surface area (Å²) in [6.45, 7) is 7.69. The van der Waals surface area contributed by atoms with E-state index in [9.17, 15) is 29.4 Å². The number of urea groups is 1. The lowest BCUT2D eigenvalue weighted by atomic mass is 9.79. The standard InChI is InChI=1S/C44H66N6O6S2/c1-5-28(4)37(43(55)46-25-30-18-13-14-22-45-30)49-42(54)36(27(2)3)40(52)39(51)32(24-29-16-8-6-9-17-29)47-41(53)31-19-11-12-20-34(31)57-23-15-7-10-21-35-38-33(26-58-35)48-44(56)50-38/h11-14,18-20,22,27-29,32-33,35-40,51-52H,5-10,15-17,21,23-26H2,1-4H3,(H,46,55)(H,47,53)(H,49,54)(H2,48,50,56)/t28-,32+,33?,35+,36-,37+,38?,39-,40-/m1/s1. The van der Waals surface area contributed by atoms with Gasteiger partial charge in [0.05, 0.1) is 47.9 Å². The van der Waals surface area contributed by atoms with Gasteiger partial charge in [0.15, 0.2) is 0 Å². The molecule has 1 aromatic heterocycles. The van der Waals surface area contributed by atoms with Crippen LogP contribution < -0.4 is 26.6 Å². The van der Waals surface area contributed by atoms with Gasteiger partial charge in [-0.15, -0.1) is 11.8 Å². The van der Waals surface area contributed by atoms with Crippen LogP contribution in [0.15, 0.2) is 53.6 Å². The molecule has 2 aliphatic heterocycles. The minimum Gasteiger partial charge on any atom is -0.390 e. The van der Waals surface area contributed by atoms with Crippen molar-refractivity contribution in [3.8, 4) is 0 Å². The van der Waals surface area contributed by atoms with Crippen molar-refractivity contribution in [1.82, 2.24) is 31.6 Å². The summed E-state index contributed by atoms with van der Waals surface area (Å²) >= 11 is 3.58. The summed E-state index contributed by atoms with van der Waals surface area (Å²) in [5, 5.41) is 39.3. The monoisotopic (exact) mass is 838 g/mol. The minimum atomic E-state index is -1.50. The van der Waals surface area contributed by atoms with E-state index in [0.717, 1.165) is 74.2 Å². The average Bonchev–Trinajstić information content (AvgIpc) is 3.79. The molecule has 5 rings (SSSR count). The summed E-state index contributed by atoms with van der Waals surface area (Å²) in [5.41, 5.74) is 1.21. The number of nitrogens with one attached hydrogen (secondary N) is 5. The number of fused-ring (bicyclic) bond motifs is 1. The van der Waals surface area contributed by atoms with E-state index < -0.39 is 36.1 Å². The lowest BCUT2D eigenvalue weighted by molar-refractivity contribution is -0.140. The third-order valence-corrected chi connectivity index (χ3v) is 14.9. The van der Waals surface area contributed by atoms with Gasteiger partial charge in [-0.2, -0.15) is 11.8 Å². The second-order valence-electron chi connectivity index (χ2n) is 16.8. The van der Waals surface area contributed by atoms with Crippen molar-refractivity contribution < 1.29 is 29.4 Å². The van der Waals surface area contributed by atoms with Crippen molar-refractivity contribution in [2.45, 2.75) is 151 Å². The van der Waals surface area contributed by atoms with E-state index in [-0.39, 0.29) is 54.2 Å². The number of benzene rings is 1. The molecule has 2 aromatic rings. The number of aromatic nitrogens is 1. The van der Waals surface area contributed by atoms with Gasteiger partial charge in [-0.25, -0.2) is 4.79 Å². The van der Waals surface area contributed by atoms with Crippen molar-refractivity contribution in [1.29, 1.82) is 0 Å². The minimum absolute atomic E-state index is 0.0564. The molecule has 1 aromatic carbocycles. The number of thioether (sulfide) groups is 2. The van der Waals surface area contributed by atoms with Crippen LogP contribution in [-0.2, 0) is 16.1 Å². The molecule has 320 valence electrons. The Morgan fingerprint density at radius 2 is 1.69 bits per heavy atom. The number of rotatable bonds is 22. The van der Waals surface area contributed by atoms with Crippen LogP contribution in [0.4, 0.5) is 4.79 Å². The van der Waals surface area contributed by atoms with Crippen LogP contribution in [0.25, 0.3) is 0 Å². The van der Waals surface area contributed by atoms with E-state index in [0.29, 0.717) is 29.3 Å². The second-order valence-corrected chi connectivity index (χ2v) is 19.2. The fraction of sp³-hybridized carbons (Fsp3) is 0.659. The van der Waals surface area contributed by atoms with Gasteiger partial charge in [0.25, 0.3) is 5.91 Å². The van der Waals surface area contributed by atoms with Gasteiger partial charge in [-0.3, -0.25) is 19.4 Å². The largest absolute Gasteiger partial charge is 0.390 e. The summed E-state index contributed by atoms with van der Waals surface area (Å²) < 4.78 is 0. The van der Waals surface area contributed by atoms with Crippen molar-refractivity contribution in [3.63, 3.8) is 0 Å². The van der Waals surface area contributed by atoms with Crippen LogP contribution in [-0.4, -0.2) is 92.1 Å². The molecule has 12 nitrogen and oxygen atoms in total. The van der Waals surface area contributed by atoms with Gasteiger partial charge in [-0.1, -0.05) is 97.3 Å². The first-order valence-electron chi connectivity index (χ1n) is 21.5. The Kier molecular flexibility index (Phi) is 18.0. The first-order valence-corrected chi connectivity index (χ1v) is 23.6. The second kappa shape index (κ2) is 22.9. The van der Waals surface area contributed by atoms with Gasteiger partial charge >= 0.3 is 6.03 Å². The first kappa shape index (κ1) is 45.7. The fourth-order valence-corrected chi connectivity index (χ4v) is 11.2. The molecule has 3 aliphatic rings. The molecule has 3 fully saturated rings. The number of amides is 5. The highest BCUT2D eigenvalue weighted by Crippen LogP contribution is 2.34. The van der Waals surface area contributed by atoms with Gasteiger partial charge in [0, 0.05) is 22.1 Å². The Labute approximate surface area is 353 Å². The number of unbranched alkanes of at least 4 members (excludes halogenated alkanes) is 2. The SMILES string of the molecule is CC[C@@H](C)[C@H](NC(=O)[C@H](C(C)C)[C@@H](O)[C@H](O)[C@H](CC1CCCCC1)NC(=O)c1ccccc1SCCCCC[C@@H]1SCC2NC(=O)NC21)C(=O)NCc1ccccn1. The van der Waals surface area contributed by atoms with Crippen LogP contribution in [0.3, 0.4) is 0 Å². The maximum Gasteiger partial charge on any atom is 0.315 e. The molecular weight excluding hydrogens is 773 g/mol. The van der Waals surface area contributed by atoms with Crippen molar-refractivity contribution >= 4 is 47.3 Å². The van der Waals surface area contributed by atoms with Gasteiger partial charge < -0.3 is 36.8 Å². The predicted octanol–water partition coefficient (Wildman–Crippen LogP) is 5.81. The molecule has 2 unspecified atom stereocenters. The van der Waals surface area contributed by atoms with Crippen LogP contribution in [0, 0.1) is 23.7 Å². The average molecular weight is 839 g/mol. The first-order chi connectivity index (χ1) is 28.0. The quantitative estimate of drug-likeness (QED) is 0.0438. The third-order valence-electron chi connectivity index (χ3n) is 12.2. The number of carbonyl (C=O) groups excluding carboxylic acids is 4. The van der Waals surface area contributed by atoms with Crippen molar-refractivity contribution in [2.24, 2.45) is 23.7 Å². The van der Waals surface area contributed by atoms with E-state index in [4.69, 9.17) is 0 Å². The highest BCUT2D eigenvalue weighted by molar-refractivity contribution is 8.00. The number of pyridine rings is 1. The summed E-state index contributed by atoms with van der Waals surface area (Å²) in [6, 6.07) is 11.7. The number of aliphatic hydroxyl groups is 2. The molecular formula is C44H66N6O6S2. The van der Waals surface area contributed by atoms with Crippen LogP contribution in [0.1, 0.15) is 114 Å². The summed E-state index contributed by atoms with van der Waals surface area (Å²) in [7, 11) is 0. The van der Waals surface area contributed by atoms with Crippen LogP contribution >= 0.6 is 23.5 Å². The van der Waals surface area contributed by atoms with Gasteiger partial charge in [0.1, 0.15) is 12.1 Å². The number of hydrogen-bond acceptors (Lipinski definition) is 9. The van der Waals surface area contributed by atoms with E-state index in [1.165, 1.54) is 0 Å². The lowest BCUT2D eigenvalue weighted by Gasteiger charge is -2.36. The van der Waals surface area contributed by atoms with E-state index in [2.05, 4.69) is 31.6 Å². The highest BCUT2D eigenvalue weighted by Gasteiger charge is 2.43. The summed E-state index contributed by atoms with van der Waals surface area (Å²) in [6.07, 6.45) is 9.31.